The zero-order valence-electron chi connectivity index (χ0n) is 20.0. The number of nitrogens with zero attached hydrogens (tertiary/aromatic N) is 2. The fourth-order valence-electron chi connectivity index (χ4n) is 5.00. The smallest absolute Gasteiger partial charge is 0.258 e. The minimum atomic E-state index is -0.00307. The Morgan fingerprint density at radius 3 is 2.68 bits per heavy atom. The van der Waals surface area contributed by atoms with E-state index in [1.807, 2.05) is 41.3 Å². The van der Waals surface area contributed by atoms with Crippen LogP contribution in [0.4, 0.5) is 5.69 Å². The van der Waals surface area contributed by atoms with Gasteiger partial charge in [0.05, 0.1) is 13.2 Å². The van der Waals surface area contributed by atoms with E-state index in [9.17, 15) is 4.79 Å². The summed E-state index contributed by atoms with van der Waals surface area (Å²) in [6.07, 6.45) is 5.64. The number of anilines is 1. The second kappa shape index (κ2) is 10.7. The van der Waals surface area contributed by atoms with Crippen LogP contribution in [-0.4, -0.2) is 70.0 Å². The van der Waals surface area contributed by atoms with Gasteiger partial charge in [-0.15, -0.1) is 0 Å². The number of ether oxygens (including phenoxy) is 4. The van der Waals surface area contributed by atoms with Crippen molar-refractivity contribution in [1.82, 2.24) is 4.90 Å². The highest BCUT2D eigenvalue weighted by Crippen LogP contribution is 2.34. The summed E-state index contributed by atoms with van der Waals surface area (Å²) in [6, 6.07) is 11.5. The van der Waals surface area contributed by atoms with E-state index >= 15 is 0 Å². The Bertz CT molecular complexity index is 999. The predicted molar refractivity (Wildman–Crippen MR) is 130 cm³/mol. The molecule has 0 N–H and O–H groups in total. The molecule has 1 amide bonds. The van der Waals surface area contributed by atoms with Crippen molar-refractivity contribution in [2.45, 2.75) is 38.2 Å². The molecule has 3 heterocycles. The molecule has 3 aliphatic rings. The minimum Gasteiger partial charge on any atom is -0.493 e. The van der Waals surface area contributed by atoms with Gasteiger partial charge in [-0.1, -0.05) is 0 Å². The van der Waals surface area contributed by atoms with Crippen molar-refractivity contribution in [1.29, 1.82) is 0 Å². The van der Waals surface area contributed by atoms with Gasteiger partial charge in [-0.25, -0.2) is 0 Å². The van der Waals surface area contributed by atoms with Crippen molar-refractivity contribution in [2.24, 2.45) is 0 Å². The second-order valence-electron chi connectivity index (χ2n) is 9.20. The van der Waals surface area contributed by atoms with Crippen LogP contribution in [-0.2, 0) is 11.2 Å². The molecule has 2 saturated heterocycles. The minimum absolute atomic E-state index is 0.00307. The Hall–Kier alpha value is -2.77. The molecule has 2 aromatic carbocycles. The number of fused-ring (bicyclic) bond motifs is 1. The van der Waals surface area contributed by atoms with Crippen molar-refractivity contribution in [3.8, 4) is 17.2 Å². The molecule has 0 aliphatic carbocycles. The summed E-state index contributed by atoms with van der Waals surface area (Å²) in [5.41, 5.74) is 2.57. The van der Waals surface area contributed by atoms with Gasteiger partial charge in [0.1, 0.15) is 19.0 Å². The normalized spacial score (nSPS) is 20.4. The molecule has 3 aliphatic heterocycles. The molecule has 182 valence electrons. The fourth-order valence-corrected chi connectivity index (χ4v) is 5.00. The van der Waals surface area contributed by atoms with Gasteiger partial charge in [-0.2, -0.15) is 0 Å². The van der Waals surface area contributed by atoms with Crippen LogP contribution in [0.25, 0.3) is 0 Å². The maximum atomic E-state index is 13.3. The van der Waals surface area contributed by atoms with Crippen LogP contribution in [0.1, 0.15) is 41.6 Å². The van der Waals surface area contributed by atoms with Crippen LogP contribution in [0.15, 0.2) is 36.4 Å². The second-order valence-corrected chi connectivity index (χ2v) is 9.20. The molecule has 1 atom stereocenters. The van der Waals surface area contributed by atoms with Crippen molar-refractivity contribution < 1.29 is 23.7 Å². The van der Waals surface area contributed by atoms with Crippen molar-refractivity contribution in [3.63, 3.8) is 0 Å². The lowest BCUT2D eigenvalue weighted by Gasteiger charge is -2.29. The van der Waals surface area contributed by atoms with Crippen LogP contribution in [0.5, 0.6) is 17.2 Å². The van der Waals surface area contributed by atoms with Crippen molar-refractivity contribution in [2.75, 3.05) is 58.0 Å². The monoisotopic (exact) mass is 466 g/mol. The molecule has 5 rings (SSSR count). The Balaban J connectivity index is 1.23. The fraction of sp³-hybridized carbons (Fsp3) is 0.519. The van der Waals surface area contributed by atoms with Crippen LogP contribution in [0.3, 0.4) is 0 Å². The van der Waals surface area contributed by atoms with E-state index in [2.05, 4.69) is 4.90 Å². The number of carbonyl (C=O) groups is 1. The molecule has 2 aromatic rings. The average molecular weight is 467 g/mol. The van der Waals surface area contributed by atoms with Crippen molar-refractivity contribution in [3.05, 3.63) is 47.5 Å². The van der Waals surface area contributed by atoms with Gasteiger partial charge < -0.3 is 23.8 Å². The topological polar surface area (TPSA) is 60.5 Å². The zero-order chi connectivity index (χ0) is 23.3. The summed E-state index contributed by atoms with van der Waals surface area (Å²) >= 11 is 0. The number of carbonyl (C=O) groups excluding carboxylic acids is 1. The summed E-state index contributed by atoms with van der Waals surface area (Å²) in [4.78, 5) is 17.5. The standard InChI is InChI=1S/C27H34N2O5/c1-31-26-18-21(6-9-25(26)33-16-14-28-11-2-3-12-28)29-13-10-20-17-22(7-8-24(20)27(29)30)34-19-23-5-4-15-32-23/h6-9,17-18,23H,2-5,10-16,19H2,1H3. The first-order valence-corrected chi connectivity index (χ1v) is 12.4. The van der Waals surface area contributed by atoms with Crippen LogP contribution < -0.4 is 19.1 Å². The third kappa shape index (κ3) is 5.15. The van der Waals surface area contributed by atoms with Gasteiger partial charge in [0, 0.05) is 37.0 Å². The lowest BCUT2D eigenvalue weighted by molar-refractivity contribution is 0.0679. The lowest BCUT2D eigenvalue weighted by atomic mass is 9.98. The summed E-state index contributed by atoms with van der Waals surface area (Å²) < 4.78 is 23.1. The SMILES string of the molecule is COc1cc(N2CCc3cc(OCC4CCCO4)ccc3C2=O)ccc1OCCN1CCCC1. The molecule has 0 aromatic heterocycles. The summed E-state index contributed by atoms with van der Waals surface area (Å²) in [5, 5.41) is 0. The molecule has 7 heteroatoms. The Morgan fingerprint density at radius 2 is 1.88 bits per heavy atom. The maximum Gasteiger partial charge on any atom is 0.258 e. The first-order chi connectivity index (χ1) is 16.7. The molecule has 0 bridgehead atoms. The van der Waals surface area contributed by atoms with Gasteiger partial charge in [0.2, 0.25) is 0 Å². The molecule has 0 radical (unpaired) electrons. The Kier molecular flexibility index (Phi) is 7.21. The molecule has 34 heavy (non-hydrogen) atoms. The molecule has 0 saturated carbocycles. The van der Waals surface area contributed by atoms with Gasteiger partial charge in [-0.3, -0.25) is 9.69 Å². The number of amides is 1. The predicted octanol–water partition coefficient (Wildman–Crippen LogP) is 3.93. The third-order valence-corrected chi connectivity index (χ3v) is 6.94. The summed E-state index contributed by atoms with van der Waals surface area (Å²) in [7, 11) is 1.64. The van der Waals surface area contributed by atoms with Gasteiger partial charge in [0.25, 0.3) is 5.91 Å². The van der Waals surface area contributed by atoms with E-state index in [4.69, 9.17) is 18.9 Å². The van der Waals surface area contributed by atoms with E-state index in [-0.39, 0.29) is 12.0 Å². The summed E-state index contributed by atoms with van der Waals surface area (Å²) in [6.45, 7) is 5.85. The van der Waals surface area contributed by atoms with Gasteiger partial charge >= 0.3 is 0 Å². The number of hydrogen-bond donors (Lipinski definition) is 0. The number of benzene rings is 2. The highest BCUT2D eigenvalue weighted by molar-refractivity contribution is 6.08. The molecule has 2 fully saturated rings. The van der Waals surface area contributed by atoms with E-state index in [0.717, 1.165) is 68.1 Å². The number of hydrogen-bond acceptors (Lipinski definition) is 6. The van der Waals surface area contributed by atoms with E-state index in [1.165, 1.54) is 12.8 Å². The third-order valence-electron chi connectivity index (χ3n) is 6.94. The van der Waals surface area contributed by atoms with E-state index < -0.39 is 0 Å². The number of methoxy groups -OCH3 is 1. The largest absolute Gasteiger partial charge is 0.493 e. The van der Waals surface area contributed by atoms with Crippen molar-refractivity contribution >= 4 is 11.6 Å². The first-order valence-electron chi connectivity index (χ1n) is 12.4. The van der Waals surface area contributed by atoms with Crippen LogP contribution in [0.2, 0.25) is 0 Å². The molecule has 1 unspecified atom stereocenters. The van der Waals surface area contributed by atoms with E-state index in [0.29, 0.717) is 31.3 Å². The first kappa shape index (κ1) is 23.0. The van der Waals surface area contributed by atoms with Gasteiger partial charge in [-0.05, 0) is 81.1 Å². The van der Waals surface area contributed by atoms with Crippen LogP contribution in [0, 0.1) is 0 Å². The van der Waals surface area contributed by atoms with Gasteiger partial charge in [0.15, 0.2) is 11.5 Å². The zero-order valence-corrected chi connectivity index (χ0v) is 20.0. The highest BCUT2D eigenvalue weighted by atomic mass is 16.5. The molecule has 7 nitrogen and oxygen atoms in total. The van der Waals surface area contributed by atoms with Crippen LogP contribution >= 0.6 is 0 Å². The Labute approximate surface area is 201 Å². The summed E-state index contributed by atoms with van der Waals surface area (Å²) in [5.74, 6) is 2.16. The highest BCUT2D eigenvalue weighted by Gasteiger charge is 2.27. The lowest BCUT2D eigenvalue weighted by Crippen LogP contribution is -2.37. The van der Waals surface area contributed by atoms with E-state index in [1.54, 1.807) is 7.11 Å². The number of rotatable bonds is 9. The average Bonchev–Trinajstić information content (AvgIpc) is 3.58. The quantitative estimate of drug-likeness (QED) is 0.558. The molecular weight excluding hydrogens is 432 g/mol. The molecule has 0 spiro atoms. The maximum absolute atomic E-state index is 13.3. The number of likely N-dealkylation sites (tertiary alicyclic amines) is 1. The molecular formula is C27H34N2O5. The Morgan fingerprint density at radius 1 is 1.00 bits per heavy atom.